The second-order valence-corrected chi connectivity index (χ2v) is 8.44. The Bertz CT molecular complexity index is 1340. The molecule has 0 aliphatic carbocycles. The van der Waals surface area contributed by atoms with Crippen molar-refractivity contribution in [1.82, 2.24) is 14.9 Å². The Hall–Kier alpha value is -4.18. The topological polar surface area (TPSA) is 105 Å². The van der Waals surface area contributed by atoms with Crippen molar-refractivity contribution in [3.63, 3.8) is 0 Å². The molecule has 1 aromatic heterocycles. The quantitative estimate of drug-likeness (QED) is 0.278. The van der Waals surface area contributed by atoms with Crippen LogP contribution in [-0.2, 0) is 6.61 Å². The van der Waals surface area contributed by atoms with Gasteiger partial charge in [0.25, 0.3) is 5.69 Å². The lowest BCUT2D eigenvalue weighted by molar-refractivity contribution is -0.384. The van der Waals surface area contributed by atoms with Gasteiger partial charge in [-0.1, -0.05) is 54.2 Å². The summed E-state index contributed by atoms with van der Waals surface area (Å²) in [5.41, 5.74) is 2.68. The van der Waals surface area contributed by atoms with Crippen molar-refractivity contribution in [1.29, 1.82) is 0 Å². The lowest BCUT2D eigenvalue weighted by Gasteiger charge is -2.23. The Morgan fingerprint density at radius 3 is 2.35 bits per heavy atom. The van der Waals surface area contributed by atoms with E-state index in [1.165, 1.54) is 23.9 Å². The van der Waals surface area contributed by atoms with Gasteiger partial charge in [-0.15, -0.1) is 10.2 Å². The van der Waals surface area contributed by atoms with Crippen LogP contribution in [0.2, 0.25) is 0 Å². The normalized spacial score (nSPS) is 14.7. The third-order valence-electron chi connectivity index (χ3n) is 5.26. The first-order valence-electron chi connectivity index (χ1n) is 10.4. The van der Waals surface area contributed by atoms with Gasteiger partial charge in [-0.2, -0.15) is 9.78 Å². The number of nitro groups is 1. The fourth-order valence-corrected chi connectivity index (χ4v) is 4.65. The molecule has 1 atom stereocenters. The van der Waals surface area contributed by atoms with E-state index in [4.69, 9.17) is 14.6 Å². The maximum Gasteiger partial charge on any atom is 0.269 e. The zero-order valence-electron chi connectivity index (χ0n) is 18.1. The molecule has 0 saturated heterocycles. The molecule has 0 saturated carbocycles. The summed E-state index contributed by atoms with van der Waals surface area (Å²) < 4.78 is 12.8. The minimum atomic E-state index is -0.407. The standard InChI is InChI=1S/C24H19N5O4S/c1-32-19-11-13-20(14-12-19)33-15-21-25-26-24-28(21)27-22(16-5-3-2-4-6-16)23(34-24)17-7-9-18(10-8-17)29(30)31/h2-14,23H,15H2,1H3/t23-/m0/s1. The molecule has 170 valence electrons. The molecular formula is C24H19N5O4S. The maximum atomic E-state index is 11.1. The Balaban J connectivity index is 1.46. The van der Waals surface area contributed by atoms with Gasteiger partial charge in [0.05, 0.1) is 23.0 Å². The molecule has 1 aliphatic heterocycles. The molecule has 9 nitrogen and oxygen atoms in total. The molecule has 0 N–H and O–H groups in total. The number of thioether (sulfide) groups is 1. The van der Waals surface area contributed by atoms with E-state index in [9.17, 15) is 10.1 Å². The highest BCUT2D eigenvalue weighted by molar-refractivity contribution is 8.00. The Morgan fingerprint density at radius 2 is 1.68 bits per heavy atom. The van der Waals surface area contributed by atoms with Crippen molar-refractivity contribution in [3.05, 3.63) is 106 Å². The monoisotopic (exact) mass is 473 g/mol. The van der Waals surface area contributed by atoms with E-state index >= 15 is 0 Å². The van der Waals surface area contributed by atoms with Crippen LogP contribution in [0, 0.1) is 10.1 Å². The van der Waals surface area contributed by atoms with Gasteiger partial charge in [-0.3, -0.25) is 10.1 Å². The summed E-state index contributed by atoms with van der Waals surface area (Å²) in [6.45, 7) is 0.188. The number of benzene rings is 3. The van der Waals surface area contributed by atoms with Crippen molar-refractivity contribution in [2.24, 2.45) is 5.10 Å². The minimum absolute atomic E-state index is 0.0453. The summed E-state index contributed by atoms with van der Waals surface area (Å²) in [5.74, 6) is 1.99. The second-order valence-electron chi connectivity index (χ2n) is 7.37. The number of non-ortho nitro benzene ring substituents is 1. The summed E-state index contributed by atoms with van der Waals surface area (Å²) in [7, 11) is 1.61. The van der Waals surface area contributed by atoms with Crippen molar-refractivity contribution in [2.75, 3.05) is 7.11 Å². The smallest absolute Gasteiger partial charge is 0.269 e. The fourth-order valence-electron chi connectivity index (χ4n) is 3.52. The van der Waals surface area contributed by atoms with Crippen molar-refractivity contribution >= 4 is 23.2 Å². The summed E-state index contributed by atoms with van der Waals surface area (Å²) in [6.07, 6.45) is 0. The van der Waals surface area contributed by atoms with Gasteiger partial charge in [0, 0.05) is 12.1 Å². The van der Waals surface area contributed by atoms with Crippen LogP contribution in [0.4, 0.5) is 5.69 Å². The van der Waals surface area contributed by atoms with Crippen LogP contribution in [0.1, 0.15) is 22.2 Å². The number of nitro benzene ring substituents is 1. The zero-order valence-corrected chi connectivity index (χ0v) is 18.9. The SMILES string of the molecule is COc1ccc(OCc2nnc3n2N=C(c2ccccc2)[C@H](c2ccc([N+](=O)[O-])cc2)S3)cc1. The highest BCUT2D eigenvalue weighted by Gasteiger charge is 2.30. The maximum absolute atomic E-state index is 11.1. The fraction of sp³-hybridized carbons (Fsp3) is 0.125. The number of fused-ring (bicyclic) bond motifs is 1. The van der Waals surface area contributed by atoms with E-state index in [-0.39, 0.29) is 17.5 Å². The van der Waals surface area contributed by atoms with Gasteiger partial charge in [-0.05, 0) is 35.4 Å². The molecule has 4 aromatic rings. The molecule has 10 heteroatoms. The number of nitrogens with zero attached hydrogens (tertiary/aromatic N) is 5. The first-order valence-corrected chi connectivity index (χ1v) is 11.3. The Kier molecular flexibility index (Phi) is 5.96. The van der Waals surface area contributed by atoms with Crippen molar-refractivity contribution in [3.8, 4) is 11.5 Å². The molecule has 5 rings (SSSR count). The molecule has 3 aromatic carbocycles. The zero-order chi connectivity index (χ0) is 23.5. The van der Waals surface area contributed by atoms with Gasteiger partial charge in [0.2, 0.25) is 5.16 Å². The lowest BCUT2D eigenvalue weighted by Crippen LogP contribution is -2.19. The first kappa shape index (κ1) is 21.7. The molecule has 0 radical (unpaired) electrons. The molecule has 2 heterocycles. The highest BCUT2D eigenvalue weighted by Crippen LogP contribution is 2.41. The molecule has 34 heavy (non-hydrogen) atoms. The number of hydrogen-bond acceptors (Lipinski definition) is 8. The Labute approximate surface area is 199 Å². The number of ether oxygens (including phenoxy) is 2. The summed E-state index contributed by atoms with van der Waals surface area (Å²) in [5, 5.41) is 25.0. The summed E-state index contributed by atoms with van der Waals surface area (Å²) in [4.78, 5) is 10.7. The van der Waals surface area contributed by atoms with Gasteiger partial charge < -0.3 is 9.47 Å². The number of hydrogen-bond donors (Lipinski definition) is 0. The molecule has 0 spiro atoms. The van der Waals surface area contributed by atoms with E-state index in [2.05, 4.69) is 10.2 Å². The van der Waals surface area contributed by atoms with Crippen LogP contribution in [0.3, 0.4) is 0 Å². The lowest BCUT2D eigenvalue weighted by atomic mass is 10.0. The predicted octanol–water partition coefficient (Wildman–Crippen LogP) is 4.87. The van der Waals surface area contributed by atoms with Crippen LogP contribution in [0.5, 0.6) is 11.5 Å². The molecule has 0 fully saturated rings. The van der Waals surface area contributed by atoms with Crippen LogP contribution < -0.4 is 9.47 Å². The van der Waals surface area contributed by atoms with Gasteiger partial charge in [0.1, 0.15) is 18.1 Å². The van der Waals surface area contributed by atoms with Crippen LogP contribution >= 0.6 is 11.8 Å². The average Bonchev–Trinajstić information content (AvgIpc) is 3.29. The van der Waals surface area contributed by atoms with Gasteiger partial charge in [0.15, 0.2) is 5.82 Å². The average molecular weight is 474 g/mol. The van der Waals surface area contributed by atoms with E-state index in [0.717, 1.165) is 22.6 Å². The largest absolute Gasteiger partial charge is 0.497 e. The Morgan fingerprint density at radius 1 is 0.971 bits per heavy atom. The van der Waals surface area contributed by atoms with E-state index in [1.807, 2.05) is 54.6 Å². The van der Waals surface area contributed by atoms with Crippen LogP contribution in [0.15, 0.2) is 89.1 Å². The van der Waals surface area contributed by atoms with Crippen molar-refractivity contribution in [2.45, 2.75) is 17.0 Å². The van der Waals surface area contributed by atoms with Crippen LogP contribution in [-0.4, -0.2) is 32.6 Å². The van der Waals surface area contributed by atoms with Gasteiger partial charge >= 0.3 is 0 Å². The summed E-state index contributed by atoms with van der Waals surface area (Å²) >= 11 is 1.49. The predicted molar refractivity (Wildman–Crippen MR) is 127 cm³/mol. The van der Waals surface area contributed by atoms with E-state index < -0.39 is 4.92 Å². The van der Waals surface area contributed by atoms with Crippen LogP contribution in [0.25, 0.3) is 0 Å². The second kappa shape index (κ2) is 9.36. The molecule has 1 aliphatic rings. The number of rotatable bonds is 7. The first-order chi connectivity index (χ1) is 16.6. The number of aromatic nitrogens is 3. The highest BCUT2D eigenvalue weighted by atomic mass is 32.2. The minimum Gasteiger partial charge on any atom is -0.497 e. The summed E-state index contributed by atoms with van der Waals surface area (Å²) in [6, 6.07) is 23.6. The van der Waals surface area contributed by atoms with Crippen molar-refractivity contribution < 1.29 is 14.4 Å². The molecule has 0 bridgehead atoms. The molecular weight excluding hydrogens is 454 g/mol. The third-order valence-corrected chi connectivity index (χ3v) is 6.46. The number of methoxy groups -OCH3 is 1. The molecule has 0 amide bonds. The van der Waals surface area contributed by atoms with E-state index in [0.29, 0.717) is 16.7 Å². The molecule has 0 unspecified atom stereocenters. The third kappa shape index (κ3) is 4.35. The van der Waals surface area contributed by atoms with E-state index in [1.54, 1.807) is 23.9 Å². The van der Waals surface area contributed by atoms with Gasteiger partial charge in [-0.25, -0.2) is 0 Å².